The second kappa shape index (κ2) is 7.13. The van der Waals surface area contributed by atoms with Crippen molar-refractivity contribution in [2.45, 2.75) is 57.9 Å². The van der Waals surface area contributed by atoms with Gasteiger partial charge in [0, 0.05) is 6.42 Å². The average molecular weight is 266 g/mol. The predicted octanol–water partition coefficient (Wildman–Crippen LogP) is 1.92. The summed E-state index contributed by atoms with van der Waals surface area (Å²) in [6, 6.07) is 2.16. The van der Waals surface area contributed by atoms with Crippen molar-refractivity contribution in [2.75, 3.05) is 6.61 Å². The van der Waals surface area contributed by atoms with Gasteiger partial charge in [0.15, 0.2) is 6.61 Å². The molecule has 5 heteroatoms. The van der Waals surface area contributed by atoms with Crippen molar-refractivity contribution in [3.8, 4) is 6.07 Å². The Hall–Kier alpha value is -1.57. The van der Waals surface area contributed by atoms with E-state index in [1.165, 1.54) is 0 Å². The summed E-state index contributed by atoms with van der Waals surface area (Å²) < 4.78 is 4.89. The van der Waals surface area contributed by atoms with E-state index in [-0.39, 0.29) is 18.5 Å². The third kappa shape index (κ3) is 5.29. The SMILES string of the molecule is CC(C)CCC(=O)OCC(=O)NC1(C#N)CCCC1. The number of nitriles is 1. The molecule has 19 heavy (non-hydrogen) atoms. The minimum atomic E-state index is -0.749. The highest BCUT2D eigenvalue weighted by atomic mass is 16.5. The molecule has 0 aromatic carbocycles. The summed E-state index contributed by atoms with van der Waals surface area (Å²) in [6.45, 7) is 3.76. The topological polar surface area (TPSA) is 79.2 Å². The number of carbonyl (C=O) groups excluding carboxylic acids is 2. The molecule has 0 spiro atoms. The van der Waals surface area contributed by atoms with Crippen molar-refractivity contribution in [3.63, 3.8) is 0 Å². The summed E-state index contributed by atoms with van der Waals surface area (Å²) in [4.78, 5) is 23.0. The van der Waals surface area contributed by atoms with Gasteiger partial charge in [0.05, 0.1) is 6.07 Å². The lowest BCUT2D eigenvalue weighted by Gasteiger charge is -2.21. The summed E-state index contributed by atoms with van der Waals surface area (Å²) in [6.07, 6.45) is 4.33. The Morgan fingerprint density at radius 1 is 1.37 bits per heavy atom. The van der Waals surface area contributed by atoms with Crippen LogP contribution in [-0.4, -0.2) is 24.0 Å². The molecule has 1 saturated carbocycles. The fraction of sp³-hybridized carbons (Fsp3) is 0.786. The molecule has 1 aliphatic rings. The van der Waals surface area contributed by atoms with Gasteiger partial charge in [-0.25, -0.2) is 0 Å². The maximum Gasteiger partial charge on any atom is 0.306 e. The first-order chi connectivity index (χ1) is 8.97. The first-order valence-electron chi connectivity index (χ1n) is 6.85. The molecule has 0 aromatic rings. The zero-order valence-corrected chi connectivity index (χ0v) is 11.7. The monoisotopic (exact) mass is 266 g/mol. The summed E-state index contributed by atoms with van der Waals surface area (Å²) in [5, 5.41) is 11.8. The fourth-order valence-corrected chi connectivity index (χ4v) is 2.17. The quantitative estimate of drug-likeness (QED) is 0.745. The van der Waals surface area contributed by atoms with E-state index in [0.29, 0.717) is 25.2 Å². The van der Waals surface area contributed by atoms with Gasteiger partial charge in [-0.2, -0.15) is 5.26 Å². The zero-order valence-electron chi connectivity index (χ0n) is 11.7. The molecule has 1 aliphatic carbocycles. The number of hydrogen-bond acceptors (Lipinski definition) is 4. The van der Waals surface area contributed by atoms with Crippen LogP contribution in [0.1, 0.15) is 52.4 Å². The van der Waals surface area contributed by atoms with Crippen LogP contribution < -0.4 is 5.32 Å². The first kappa shape index (κ1) is 15.5. The largest absolute Gasteiger partial charge is 0.456 e. The Labute approximate surface area is 114 Å². The normalized spacial score (nSPS) is 16.9. The Balaban J connectivity index is 2.28. The molecule has 1 fully saturated rings. The van der Waals surface area contributed by atoms with Crippen molar-refractivity contribution >= 4 is 11.9 Å². The highest BCUT2D eigenvalue weighted by Gasteiger charge is 2.35. The molecule has 0 heterocycles. The Kier molecular flexibility index (Phi) is 5.81. The number of nitrogens with zero attached hydrogens (tertiary/aromatic N) is 1. The van der Waals surface area contributed by atoms with E-state index in [9.17, 15) is 9.59 Å². The van der Waals surface area contributed by atoms with Gasteiger partial charge >= 0.3 is 5.97 Å². The summed E-state index contributed by atoms with van der Waals surface area (Å²) >= 11 is 0. The number of ether oxygens (including phenoxy) is 1. The van der Waals surface area contributed by atoms with Crippen molar-refractivity contribution in [1.82, 2.24) is 5.32 Å². The van der Waals surface area contributed by atoms with E-state index in [1.54, 1.807) is 0 Å². The number of nitrogens with one attached hydrogen (secondary N) is 1. The molecule has 1 amide bonds. The predicted molar refractivity (Wildman–Crippen MR) is 70.0 cm³/mol. The minimum absolute atomic E-state index is 0.291. The lowest BCUT2D eigenvalue weighted by Crippen LogP contribution is -2.46. The number of esters is 1. The van der Waals surface area contributed by atoms with Crippen LogP contribution >= 0.6 is 0 Å². The number of carbonyl (C=O) groups is 2. The van der Waals surface area contributed by atoms with Crippen LogP contribution in [0.5, 0.6) is 0 Å². The van der Waals surface area contributed by atoms with Crippen LogP contribution in [0.15, 0.2) is 0 Å². The van der Waals surface area contributed by atoms with Crippen LogP contribution in [0.2, 0.25) is 0 Å². The Morgan fingerprint density at radius 2 is 2.00 bits per heavy atom. The van der Waals surface area contributed by atoms with Gasteiger partial charge < -0.3 is 10.1 Å². The molecule has 0 aliphatic heterocycles. The third-order valence-electron chi connectivity index (χ3n) is 3.34. The van der Waals surface area contributed by atoms with Gasteiger partial charge in [0.2, 0.25) is 0 Å². The number of amides is 1. The molecule has 1 rings (SSSR count). The van der Waals surface area contributed by atoms with E-state index < -0.39 is 5.54 Å². The second-order valence-corrected chi connectivity index (χ2v) is 5.54. The first-order valence-corrected chi connectivity index (χ1v) is 6.85. The maximum absolute atomic E-state index is 11.7. The van der Waals surface area contributed by atoms with Crippen LogP contribution in [0, 0.1) is 17.2 Å². The van der Waals surface area contributed by atoms with E-state index in [2.05, 4.69) is 11.4 Å². The molecule has 0 radical (unpaired) electrons. The highest BCUT2D eigenvalue weighted by molar-refractivity contribution is 5.81. The van der Waals surface area contributed by atoms with Crippen LogP contribution in [0.25, 0.3) is 0 Å². The van der Waals surface area contributed by atoms with Crippen molar-refractivity contribution in [3.05, 3.63) is 0 Å². The smallest absolute Gasteiger partial charge is 0.306 e. The van der Waals surface area contributed by atoms with Crippen LogP contribution in [-0.2, 0) is 14.3 Å². The zero-order chi connectivity index (χ0) is 14.3. The fourth-order valence-electron chi connectivity index (χ4n) is 2.17. The second-order valence-electron chi connectivity index (χ2n) is 5.54. The molecule has 0 unspecified atom stereocenters. The summed E-state index contributed by atoms with van der Waals surface area (Å²) in [5.41, 5.74) is -0.749. The third-order valence-corrected chi connectivity index (χ3v) is 3.34. The standard InChI is InChI=1S/C14H22N2O3/c1-11(2)5-6-13(18)19-9-12(17)16-14(10-15)7-3-4-8-14/h11H,3-9H2,1-2H3,(H,16,17). The van der Waals surface area contributed by atoms with Crippen LogP contribution in [0.4, 0.5) is 0 Å². The molecular weight excluding hydrogens is 244 g/mol. The highest BCUT2D eigenvalue weighted by Crippen LogP contribution is 2.28. The van der Waals surface area contributed by atoms with Crippen molar-refractivity contribution in [2.24, 2.45) is 5.92 Å². The van der Waals surface area contributed by atoms with Gasteiger partial charge in [-0.05, 0) is 38.0 Å². The van der Waals surface area contributed by atoms with Gasteiger partial charge in [-0.1, -0.05) is 13.8 Å². The maximum atomic E-state index is 11.7. The van der Waals surface area contributed by atoms with E-state index >= 15 is 0 Å². The van der Waals surface area contributed by atoms with E-state index in [0.717, 1.165) is 19.3 Å². The molecule has 0 saturated heterocycles. The summed E-state index contributed by atoms with van der Waals surface area (Å²) in [5.74, 6) is -0.315. The van der Waals surface area contributed by atoms with E-state index in [1.807, 2.05) is 13.8 Å². The van der Waals surface area contributed by atoms with Gasteiger partial charge in [0.1, 0.15) is 5.54 Å². The lowest BCUT2D eigenvalue weighted by molar-refractivity contribution is -0.149. The Morgan fingerprint density at radius 3 is 2.53 bits per heavy atom. The van der Waals surface area contributed by atoms with Crippen molar-refractivity contribution < 1.29 is 14.3 Å². The Bertz CT molecular complexity index is 365. The molecule has 0 atom stereocenters. The number of rotatable bonds is 6. The van der Waals surface area contributed by atoms with Gasteiger partial charge in [0.25, 0.3) is 5.91 Å². The summed E-state index contributed by atoms with van der Waals surface area (Å²) in [7, 11) is 0. The van der Waals surface area contributed by atoms with Crippen molar-refractivity contribution in [1.29, 1.82) is 5.26 Å². The molecule has 0 bridgehead atoms. The van der Waals surface area contributed by atoms with Gasteiger partial charge in [-0.15, -0.1) is 0 Å². The molecular formula is C14H22N2O3. The molecule has 0 aromatic heterocycles. The van der Waals surface area contributed by atoms with Gasteiger partial charge in [-0.3, -0.25) is 9.59 Å². The number of hydrogen-bond donors (Lipinski definition) is 1. The average Bonchev–Trinajstić information content (AvgIpc) is 2.83. The van der Waals surface area contributed by atoms with E-state index in [4.69, 9.17) is 10.00 Å². The van der Waals surface area contributed by atoms with Crippen LogP contribution in [0.3, 0.4) is 0 Å². The minimum Gasteiger partial charge on any atom is -0.456 e. The molecule has 5 nitrogen and oxygen atoms in total. The molecule has 1 N–H and O–H groups in total. The molecule has 106 valence electrons. The lowest BCUT2D eigenvalue weighted by atomic mass is 10.00.